The lowest BCUT2D eigenvalue weighted by Crippen LogP contribution is -2.14. The van der Waals surface area contributed by atoms with Crippen molar-refractivity contribution in [1.29, 1.82) is 0 Å². The monoisotopic (exact) mass is 261 g/mol. The number of hydrogen-bond acceptors (Lipinski definition) is 4. The van der Waals surface area contributed by atoms with Crippen LogP contribution in [0.25, 0.3) is 0 Å². The Morgan fingerprint density at radius 2 is 2.12 bits per heavy atom. The second kappa shape index (κ2) is 5.86. The molecule has 0 heterocycles. The molecule has 0 amide bonds. The van der Waals surface area contributed by atoms with Gasteiger partial charge in [0, 0.05) is 24.6 Å². The Bertz CT molecular complexity index is 474. The van der Waals surface area contributed by atoms with Gasteiger partial charge in [-0.3, -0.25) is 0 Å². The number of anilines is 1. The number of halogens is 1. The predicted molar refractivity (Wildman–Crippen MR) is 65.8 cm³/mol. The maximum Gasteiger partial charge on any atom is 0.167 e. The van der Waals surface area contributed by atoms with Gasteiger partial charge in [-0.25, -0.2) is 12.8 Å². The van der Waals surface area contributed by atoms with E-state index >= 15 is 0 Å². The number of hydrogen-bond donors (Lipinski definition) is 1. The highest BCUT2D eigenvalue weighted by Crippen LogP contribution is 2.20. The fourth-order valence-corrected chi connectivity index (χ4v) is 1.74. The first-order valence-corrected chi connectivity index (χ1v) is 7.32. The summed E-state index contributed by atoms with van der Waals surface area (Å²) in [6.07, 6.45) is 1.16. The zero-order valence-electron chi connectivity index (χ0n) is 9.86. The Hall–Kier alpha value is -1.30. The van der Waals surface area contributed by atoms with E-state index in [1.165, 1.54) is 12.1 Å². The van der Waals surface area contributed by atoms with Crippen LogP contribution in [0.3, 0.4) is 0 Å². The molecule has 1 N–H and O–H groups in total. The van der Waals surface area contributed by atoms with E-state index in [9.17, 15) is 12.8 Å². The molecule has 0 fully saturated rings. The Morgan fingerprint density at radius 3 is 2.65 bits per heavy atom. The number of sulfone groups is 1. The van der Waals surface area contributed by atoms with Crippen LogP contribution in [0, 0.1) is 5.82 Å². The SMILES string of the molecule is CCOc1ccc(NCCS(C)(=O)=O)cc1F. The van der Waals surface area contributed by atoms with Gasteiger partial charge in [0.05, 0.1) is 12.4 Å². The lowest BCUT2D eigenvalue weighted by Gasteiger charge is -2.08. The van der Waals surface area contributed by atoms with Gasteiger partial charge >= 0.3 is 0 Å². The van der Waals surface area contributed by atoms with Crippen LogP contribution in [0.5, 0.6) is 5.75 Å². The number of rotatable bonds is 6. The summed E-state index contributed by atoms with van der Waals surface area (Å²) >= 11 is 0. The number of nitrogens with one attached hydrogen (secondary N) is 1. The second-order valence-corrected chi connectivity index (χ2v) is 5.89. The van der Waals surface area contributed by atoms with E-state index in [0.717, 1.165) is 6.26 Å². The minimum atomic E-state index is -3.00. The number of ether oxygens (including phenoxy) is 1. The summed E-state index contributed by atoms with van der Waals surface area (Å²) in [7, 11) is -3.00. The molecule has 0 unspecified atom stereocenters. The molecule has 0 saturated carbocycles. The summed E-state index contributed by atoms with van der Waals surface area (Å²) in [6.45, 7) is 2.43. The first kappa shape index (κ1) is 13.8. The first-order valence-electron chi connectivity index (χ1n) is 5.26. The Morgan fingerprint density at radius 1 is 1.41 bits per heavy atom. The summed E-state index contributed by atoms with van der Waals surface area (Å²) in [5, 5.41) is 2.84. The summed E-state index contributed by atoms with van der Waals surface area (Å²) < 4.78 is 40.3. The van der Waals surface area contributed by atoms with E-state index in [2.05, 4.69) is 5.32 Å². The van der Waals surface area contributed by atoms with Gasteiger partial charge in [0.1, 0.15) is 9.84 Å². The van der Waals surface area contributed by atoms with Gasteiger partial charge in [-0.05, 0) is 19.1 Å². The van der Waals surface area contributed by atoms with Crippen molar-refractivity contribution in [3.8, 4) is 5.75 Å². The molecule has 6 heteroatoms. The smallest absolute Gasteiger partial charge is 0.167 e. The molecule has 0 radical (unpaired) electrons. The van der Waals surface area contributed by atoms with Crippen molar-refractivity contribution in [1.82, 2.24) is 0 Å². The zero-order chi connectivity index (χ0) is 12.9. The standard InChI is InChI=1S/C11H16FNO3S/c1-3-16-11-5-4-9(8-10(11)12)13-6-7-17(2,14)15/h4-5,8,13H,3,6-7H2,1-2H3. The van der Waals surface area contributed by atoms with Gasteiger partial charge in [-0.15, -0.1) is 0 Å². The molecule has 4 nitrogen and oxygen atoms in total. The quantitative estimate of drug-likeness (QED) is 0.846. The fourth-order valence-electron chi connectivity index (χ4n) is 1.26. The van der Waals surface area contributed by atoms with Crippen LogP contribution in [0.2, 0.25) is 0 Å². The van der Waals surface area contributed by atoms with Gasteiger partial charge in [0.15, 0.2) is 11.6 Å². The molecule has 0 aliphatic heterocycles. The number of benzene rings is 1. The molecule has 1 aromatic carbocycles. The van der Waals surface area contributed by atoms with Crippen molar-refractivity contribution >= 4 is 15.5 Å². The normalized spacial score (nSPS) is 11.2. The molecule has 96 valence electrons. The Balaban J connectivity index is 2.58. The third-order valence-electron chi connectivity index (χ3n) is 2.03. The summed E-state index contributed by atoms with van der Waals surface area (Å²) in [5.41, 5.74) is 0.537. The van der Waals surface area contributed by atoms with Crippen LogP contribution in [-0.2, 0) is 9.84 Å². The molecular formula is C11H16FNO3S. The predicted octanol–water partition coefficient (Wildman–Crippen LogP) is 1.68. The van der Waals surface area contributed by atoms with Crippen molar-refractivity contribution in [2.75, 3.05) is 30.5 Å². The average Bonchev–Trinajstić information content (AvgIpc) is 2.20. The van der Waals surface area contributed by atoms with Gasteiger partial charge in [0.25, 0.3) is 0 Å². The summed E-state index contributed by atoms with van der Waals surface area (Å²) in [4.78, 5) is 0. The lowest BCUT2D eigenvalue weighted by atomic mass is 10.3. The van der Waals surface area contributed by atoms with Crippen LogP contribution < -0.4 is 10.1 Å². The molecule has 0 bridgehead atoms. The van der Waals surface area contributed by atoms with Crippen LogP contribution in [0.1, 0.15) is 6.92 Å². The third kappa shape index (κ3) is 5.04. The first-order chi connectivity index (χ1) is 7.92. The Labute approximate surface area is 101 Å². The molecule has 1 aromatic rings. The van der Waals surface area contributed by atoms with E-state index in [-0.39, 0.29) is 18.0 Å². The molecular weight excluding hydrogens is 245 g/mol. The summed E-state index contributed by atoms with van der Waals surface area (Å²) in [6, 6.07) is 4.45. The van der Waals surface area contributed by atoms with E-state index in [0.29, 0.717) is 12.3 Å². The van der Waals surface area contributed by atoms with Crippen molar-refractivity contribution in [3.05, 3.63) is 24.0 Å². The lowest BCUT2D eigenvalue weighted by molar-refractivity contribution is 0.321. The van der Waals surface area contributed by atoms with Crippen LogP contribution in [-0.4, -0.2) is 33.6 Å². The average molecular weight is 261 g/mol. The molecule has 0 aliphatic carbocycles. The molecule has 17 heavy (non-hydrogen) atoms. The summed E-state index contributed by atoms with van der Waals surface area (Å²) in [5.74, 6) is -0.251. The van der Waals surface area contributed by atoms with E-state index in [1.807, 2.05) is 0 Å². The highest BCUT2D eigenvalue weighted by molar-refractivity contribution is 7.90. The molecule has 0 spiro atoms. The third-order valence-corrected chi connectivity index (χ3v) is 2.98. The molecule has 0 aromatic heterocycles. The molecule has 0 aliphatic rings. The van der Waals surface area contributed by atoms with Crippen molar-refractivity contribution in [2.24, 2.45) is 0 Å². The topological polar surface area (TPSA) is 55.4 Å². The van der Waals surface area contributed by atoms with Crippen molar-refractivity contribution in [3.63, 3.8) is 0 Å². The van der Waals surface area contributed by atoms with Crippen LogP contribution >= 0.6 is 0 Å². The Kier molecular flexibility index (Phi) is 4.74. The fraction of sp³-hybridized carbons (Fsp3) is 0.455. The largest absolute Gasteiger partial charge is 0.491 e. The van der Waals surface area contributed by atoms with Crippen LogP contribution in [0.15, 0.2) is 18.2 Å². The second-order valence-electron chi connectivity index (χ2n) is 3.63. The van der Waals surface area contributed by atoms with E-state index in [4.69, 9.17) is 4.74 Å². The minimum Gasteiger partial charge on any atom is -0.491 e. The maximum absolute atomic E-state index is 13.4. The van der Waals surface area contributed by atoms with E-state index in [1.54, 1.807) is 13.0 Å². The maximum atomic E-state index is 13.4. The zero-order valence-corrected chi connectivity index (χ0v) is 10.7. The van der Waals surface area contributed by atoms with E-state index < -0.39 is 15.7 Å². The highest BCUT2D eigenvalue weighted by atomic mass is 32.2. The van der Waals surface area contributed by atoms with Gasteiger partial charge in [-0.2, -0.15) is 0 Å². The van der Waals surface area contributed by atoms with Crippen molar-refractivity contribution in [2.45, 2.75) is 6.92 Å². The van der Waals surface area contributed by atoms with Crippen molar-refractivity contribution < 1.29 is 17.5 Å². The van der Waals surface area contributed by atoms with Gasteiger partial charge in [-0.1, -0.05) is 0 Å². The highest BCUT2D eigenvalue weighted by Gasteiger charge is 2.05. The molecule has 1 rings (SSSR count). The minimum absolute atomic E-state index is 0.0157. The molecule has 0 atom stereocenters. The van der Waals surface area contributed by atoms with Gasteiger partial charge in [0.2, 0.25) is 0 Å². The molecule has 0 saturated heterocycles. The van der Waals surface area contributed by atoms with Crippen LogP contribution in [0.4, 0.5) is 10.1 Å². The van der Waals surface area contributed by atoms with Gasteiger partial charge < -0.3 is 10.1 Å².